The zero-order valence-electron chi connectivity index (χ0n) is 9.66. The fourth-order valence-corrected chi connectivity index (χ4v) is 2.13. The predicted octanol–water partition coefficient (Wildman–Crippen LogP) is 3.01. The number of nitrogens with one attached hydrogen (secondary N) is 1. The zero-order chi connectivity index (χ0) is 12.1. The van der Waals surface area contributed by atoms with Gasteiger partial charge in [-0.15, -0.1) is 21.8 Å². The van der Waals surface area contributed by atoms with Crippen LogP contribution in [0.4, 0.5) is 5.13 Å². The van der Waals surface area contributed by atoms with Crippen molar-refractivity contribution in [2.75, 3.05) is 5.32 Å². The van der Waals surface area contributed by atoms with Crippen LogP contribution in [0.1, 0.15) is 44.5 Å². The number of nitrogens with zero attached hydrogens (tertiary/aromatic N) is 2. The van der Waals surface area contributed by atoms with Crippen molar-refractivity contribution in [1.82, 2.24) is 10.2 Å². The molecule has 90 valence electrons. The van der Waals surface area contributed by atoms with Gasteiger partial charge in [0.05, 0.1) is 0 Å². The van der Waals surface area contributed by atoms with Crippen molar-refractivity contribution in [3.63, 3.8) is 0 Å². The SMILES string of the molecule is CCC[C@@H](C)c1nnc(NC(=O)[C@@H](C)Cl)s1. The molecule has 0 saturated heterocycles. The number of hydrogen-bond donors (Lipinski definition) is 1. The average molecular weight is 262 g/mol. The van der Waals surface area contributed by atoms with Gasteiger partial charge < -0.3 is 0 Å². The zero-order valence-corrected chi connectivity index (χ0v) is 11.2. The number of carbonyl (C=O) groups is 1. The first kappa shape index (κ1) is 13.4. The second-order valence-corrected chi connectivity index (χ2v) is 5.40. The highest BCUT2D eigenvalue weighted by molar-refractivity contribution is 7.15. The summed E-state index contributed by atoms with van der Waals surface area (Å²) in [6, 6.07) is 0. The number of rotatable bonds is 5. The number of alkyl halides is 1. The second kappa shape index (κ2) is 6.15. The van der Waals surface area contributed by atoms with E-state index < -0.39 is 5.38 Å². The topological polar surface area (TPSA) is 54.9 Å². The number of anilines is 1. The maximum absolute atomic E-state index is 11.3. The molecule has 1 rings (SSSR count). The van der Waals surface area contributed by atoms with Crippen molar-refractivity contribution in [3.05, 3.63) is 5.01 Å². The Morgan fingerprint density at radius 3 is 2.75 bits per heavy atom. The van der Waals surface area contributed by atoms with Crippen LogP contribution in [0, 0.1) is 0 Å². The number of hydrogen-bond acceptors (Lipinski definition) is 4. The molecule has 0 spiro atoms. The van der Waals surface area contributed by atoms with Gasteiger partial charge in [0.25, 0.3) is 0 Å². The Bertz CT molecular complexity index is 354. The summed E-state index contributed by atoms with van der Waals surface area (Å²) < 4.78 is 0. The fourth-order valence-electron chi connectivity index (χ4n) is 1.25. The Balaban J connectivity index is 2.61. The van der Waals surface area contributed by atoms with Gasteiger partial charge in [0.1, 0.15) is 10.4 Å². The van der Waals surface area contributed by atoms with Gasteiger partial charge in [-0.25, -0.2) is 0 Å². The van der Waals surface area contributed by atoms with Crippen molar-refractivity contribution in [3.8, 4) is 0 Å². The Morgan fingerprint density at radius 2 is 2.19 bits per heavy atom. The van der Waals surface area contributed by atoms with Crippen molar-refractivity contribution >= 4 is 34.0 Å². The quantitative estimate of drug-likeness (QED) is 0.829. The second-order valence-electron chi connectivity index (χ2n) is 3.74. The van der Waals surface area contributed by atoms with E-state index in [1.807, 2.05) is 0 Å². The molecule has 0 aliphatic heterocycles. The number of halogens is 1. The molecule has 1 aromatic heterocycles. The lowest BCUT2D eigenvalue weighted by Crippen LogP contribution is -2.20. The number of aromatic nitrogens is 2. The molecule has 2 atom stereocenters. The highest BCUT2D eigenvalue weighted by Gasteiger charge is 2.15. The standard InChI is InChI=1S/C10H16ClN3OS/c1-4-5-6(2)9-13-14-10(16-9)12-8(15)7(3)11/h6-7H,4-5H2,1-3H3,(H,12,14,15)/t6-,7-/m1/s1. The summed E-state index contributed by atoms with van der Waals surface area (Å²) in [7, 11) is 0. The Kier molecular flexibility index (Phi) is 5.15. The van der Waals surface area contributed by atoms with Crippen LogP contribution in [0.5, 0.6) is 0 Å². The Labute approximate surface area is 104 Å². The molecule has 0 fully saturated rings. The van der Waals surface area contributed by atoms with Crippen LogP contribution in [-0.4, -0.2) is 21.5 Å². The lowest BCUT2D eigenvalue weighted by atomic mass is 10.1. The maximum Gasteiger partial charge on any atom is 0.243 e. The normalized spacial score (nSPS) is 14.5. The van der Waals surface area contributed by atoms with Gasteiger partial charge in [-0.1, -0.05) is 31.6 Å². The molecule has 0 aliphatic rings. The summed E-state index contributed by atoms with van der Waals surface area (Å²) in [5, 5.41) is 11.5. The van der Waals surface area contributed by atoms with Crippen molar-refractivity contribution in [2.24, 2.45) is 0 Å². The molecule has 0 aromatic carbocycles. The van der Waals surface area contributed by atoms with E-state index in [1.165, 1.54) is 11.3 Å². The van der Waals surface area contributed by atoms with Gasteiger partial charge in [0, 0.05) is 5.92 Å². The molecule has 0 unspecified atom stereocenters. The van der Waals surface area contributed by atoms with E-state index >= 15 is 0 Å². The van der Waals surface area contributed by atoms with Crippen LogP contribution in [0.2, 0.25) is 0 Å². The van der Waals surface area contributed by atoms with Gasteiger partial charge in [0.15, 0.2) is 0 Å². The summed E-state index contributed by atoms with van der Waals surface area (Å²) in [5.41, 5.74) is 0. The highest BCUT2D eigenvalue weighted by Crippen LogP contribution is 2.26. The van der Waals surface area contributed by atoms with Crippen molar-refractivity contribution < 1.29 is 4.79 Å². The molecule has 6 heteroatoms. The van der Waals surface area contributed by atoms with E-state index in [4.69, 9.17) is 11.6 Å². The maximum atomic E-state index is 11.3. The monoisotopic (exact) mass is 261 g/mol. The first-order chi connectivity index (χ1) is 7.54. The fraction of sp³-hybridized carbons (Fsp3) is 0.700. The molecule has 4 nitrogen and oxygen atoms in total. The molecule has 1 heterocycles. The van der Waals surface area contributed by atoms with E-state index in [9.17, 15) is 4.79 Å². The molecule has 1 aromatic rings. The minimum atomic E-state index is -0.555. The average Bonchev–Trinajstić information content (AvgIpc) is 2.66. The Hall–Kier alpha value is -0.680. The molecular weight excluding hydrogens is 246 g/mol. The van der Waals surface area contributed by atoms with Crippen LogP contribution in [-0.2, 0) is 4.79 Å². The van der Waals surface area contributed by atoms with E-state index in [0.717, 1.165) is 17.8 Å². The smallest absolute Gasteiger partial charge is 0.243 e. The first-order valence-corrected chi connectivity index (χ1v) is 6.58. The molecular formula is C10H16ClN3OS. The van der Waals surface area contributed by atoms with E-state index in [-0.39, 0.29) is 5.91 Å². The summed E-state index contributed by atoms with van der Waals surface area (Å²) in [6.45, 7) is 5.87. The minimum Gasteiger partial charge on any atom is -0.299 e. The largest absolute Gasteiger partial charge is 0.299 e. The molecule has 0 bridgehead atoms. The number of amides is 1. The predicted molar refractivity (Wildman–Crippen MR) is 67.2 cm³/mol. The lowest BCUT2D eigenvalue weighted by molar-refractivity contribution is -0.115. The molecule has 16 heavy (non-hydrogen) atoms. The van der Waals surface area contributed by atoms with Crippen LogP contribution < -0.4 is 5.32 Å². The van der Waals surface area contributed by atoms with Gasteiger partial charge in [-0.2, -0.15) is 0 Å². The molecule has 1 N–H and O–H groups in total. The van der Waals surface area contributed by atoms with E-state index in [2.05, 4.69) is 29.4 Å². The van der Waals surface area contributed by atoms with Crippen LogP contribution >= 0.6 is 22.9 Å². The van der Waals surface area contributed by atoms with Crippen molar-refractivity contribution in [1.29, 1.82) is 0 Å². The molecule has 1 amide bonds. The molecule has 0 aliphatic carbocycles. The van der Waals surface area contributed by atoms with Gasteiger partial charge in [0.2, 0.25) is 11.0 Å². The van der Waals surface area contributed by atoms with Crippen molar-refractivity contribution in [2.45, 2.75) is 44.9 Å². The first-order valence-electron chi connectivity index (χ1n) is 5.33. The Morgan fingerprint density at radius 1 is 1.50 bits per heavy atom. The van der Waals surface area contributed by atoms with Crippen LogP contribution in [0.15, 0.2) is 0 Å². The third kappa shape index (κ3) is 3.72. The third-order valence-electron chi connectivity index (χ3n) is 2.18. The van der Waals surface area contributed by atoms with E-state index in [0.29, 0.717) is 11.0 Å². The number of carbonyl (C=O) groups excluding carboxylic acids is 1. The molecule has 0 saturated carbocycles. The molecule has 0 radical (unpaired) electrons. The van der Waals surface area contributed by atoms with Crippen LogP contribution in [0.25, 0.3) is 0 Å². The minimum absolute atomic E-state index is 0.243. The summed E-state index contributed by atoms with van der Waals surface area (Å²) in [6.07, 6.45) is 2.19. The highest BCUT2D eigenvalue weighted by atomic mass is 35.5. The summed E-state index contributed by atoms with van der Waals surface area (Å²) in [5.74, 6) is 0.147. The van der Waals surface area contributed by atoms with Gasteiger partial charge >= 0.3 is 0 Å². The van der Waals surface area contributed by atoms with Crippen LogP contribution in [0.3, 0.4) is 0 Å². The van der Waals surface area contributed by atoms with Gasteiger partial charge in [-0.05, 0) is 13.3 Å². The summed E-state index contributed by atoms with van der Waals surface area (Å²) in [4.78, 5) is 11.3. The summed E-state index contributed by atoms with van der Waals surface area (Å²) >= 11 is 7.06. The lowest BCUT2D eigenvalue weighted by Gasteiger charge is -2.03. The van der Waals surface area contributed by atoms with E-state index in [1.54, 1.807) is 6.92 Å². The third-order valence-corrected chi connectivity index (χ3v) is 3.44. The van der Waals surface area contributed by atoms with Gasteiger partial charge in [-0.3, -0.25) is 10.1 Å².